The maximum absolute atomic E-state index is 12.4. The average Bonchev–Trinajstić information content (AvgIpc) is 3.20. The van der Waals surface area contributed by atoms with E-state index >= 15 is 0 Å². The van der Waals surface area contributed by atoms with Crippen molar-refractivity contribution in [3.8, 4) is 22.9 Å². The fraction of sp³-hybridized carbons (Fsp3) is 0.423. The standard InChI is InChI=1S/C26H30Br2N4O3/c1-26(2,3)35-25(33)31-22-10-9-18(13-23(22)34-12-8-6-4-5-7-11-27)21-14-20(28)17-32-24(21)19(15-29)16-30-32/h9-10,13-14,16-17H,4-8,11-12H2,1-3H3,(H,31,33). The second-order valence-corrected chi connectivity index (χ2v) is 10.9. The Morgan fingerprint density at radius 2 is 1.91 bits per heavy atom. The molecular weight excluding hydrogens is 576 g/mol. The first kappa shape index (κ1) is 27.0. The second-order valence-electron chi connectivity index (χ2n) is 9.18. The number of carbonyl (C=O) groups excluding carboxylic acids is 1. The van der Waals surface area contributed by atoms with Crippen LogP contribution in [0, 0.1) is 11.3 Å². The van der Waals surface area contributed by atoms with E-state index in [1.54, 1.807) is 16.8 Å². The van der Waals surface area contributed by atoms with Crippen LogP contribution in [0.4, 0.5) is 10.5 Å². The molecule has 0 unspecified atom stereocenters. The molecule has 2 heterocycles. The summed E-state index contributed by atoms with van der Waals surface area (Å²) in [6.07, 6.45) is 8.34. The number of nitrogens with zero attached hydrogens (tertiary/aromatic N) is 3. The van der Waals surface area contributed by atoms with Gasteiger partial charge in [-0.25, -0.2) is 9.31 Å². The molecule has 1 amide bonds. The van der Waals surface area contributed by atoms with Crippen molar-refractivity contribution in [2.75, 3.05) is 17.3 Å². The summed E-state index contributed by atoms with van der Waals surface area (Å²) in [5.41, 5.74) is 2.78. The highest BCUT2D eigenvalue weighted by atomic mass is 79.9. The van der Waals surface area contributed by atoms with Gasteiger partial charge in [0.15, 0.2) is 0 Å². The molecule has 0 fully saturated rings. The third kappa shape index (κ3) is 7.71. The number of hydrogen-bond acceptors (Lipinski definition) is 5. The molecule has 2 aromatic heterocycles. The van der Waals surface area contributed by atoms with E-state index in [1.807, 2.05) is 45.2 Å². The lowest BCUT2D eigenvalue weighted by Crippen LogP contribution is -2.27. The van der Waals surface area contributed by atoms with E-state index in [2.05, 4.69) is 48.3 Å². The lowest BCUT2D eigenvalue weighted by molar-refractivity contribution is 0.0635. The lowest BCUT2D eigenvalue weighted by atomic mass is 10.0. The molecule has 7 nitrogen and oxygen atoms in total. The summed E-state index contributed by atoms with van der Waals surface area (Å²) in [5.74, 6) is 0.546. The Morgan fingerprint density at radius 1 is 1.17 bits per heavy atom. The number of pyridine rings is 1. The number of nitriles is 1. The summed E-state index contributed by atoms with van der Waals surface area (Å²) < 4.78 is 14.1. The molecule has 0 spiro atoms. The van der Waals surface area contributed by atoms with Gasteiger partial charge in [-0.3, -0.25) is 5.32 Å². The van der Waals surface area contributed by atoms with Crippen molar-refractivity contribution in [1.29, 1.82) is 5.26 Å². The molecule has 35 heavy (non-hydrogen) atoms. The van der Waals surface area contributed by atoms with E-state index in [-0.39, 0.29) is 0 Å². The molecule has 0 radical (unpaired) electrons. The monoisotopic (exact) mass is 604 g/mol. The average molecular weight is 606 g/mol. The van der Waals surface area contributed by atoms with Gasteiger partial charge in [0.1, 0.15) is 17.4 Å². The van der Waals surface area contributed by atoms with Crippen molar-refractivity contribution in [1.82, 2.24) is 9.61 Å². The minimum absolute atomic E-state index is 0.481. The lowest BCUT2D eigenvalue weighted by Gasteiger charge is -2.21. The number of benzene rings is 1. The first-order chi connectivity index (χ1) is 16.7. The minimum Gasteiger partial charge on any atom is -0.491 e. The first-order valence-electron chi connectivity index (χ1n) is 11.6. The number of carbonyl (C=O) groups is 1. The predicted molar refractivity (Wildman–Crippen MR) is 145 cm³/mol. The number of rotatable bonds is 10. The van der Waals surface area contributed by atoms with Crippen LogP contribution in [0.15, 0.2) is 41.1 Å². The third-order valence-electron chi connectivity index (χ3n) is 5.16. The van der Waals surface area contributed by atoms with E-state index < -0.39 is 11.7 Å². The molecule has 3 aromatic rings. The van der Waals surface area contributed by atoms with Crippen LogP contribution in [0.25, 0.3) is 16.6 Å². The van der Waals surface area contributed by atoms with Crippen molar-refractivity contribution in [2.45, 2.75) is 58.5 Å². The van der Waals surface area contributed by atoms with Crippen molar-refractivity contribution in [2.24, 2.45) is 0 Å². The largest absolute Gasteiger partial charge is 0.491 e. The Labute approximate surface area is 223 Å². The summed E-state index contributed by atoms with van der Waals surface area (Å²) in [7, 11) is 0. The van der Waals surface area contributed by atoms with Gasteiger partial charge in [-0.1, -0.05) is 41.3 Å². The number of amides is 1. The summed E-state index contributed by atoms with van der Waals surface area (Å²) in [5, 5.41) is 17.7. The van der Waals surface area contributed by atoms with Gasteiger partial charge in [-0.15, -0.1) is 0 Å². The van der Waals surface area contributed by atoms with Crippen LogP contribution >= 0.6 is 31.9 Å². The number of alkyl halides is 1. The highest BCUT2D eigenvalue weighted by Gasteiger charge is 2.19. The second kappa shape index (κ2) is 12.4. The summed E-state index contributed by atoms with van der Waals surface area (Å²) in [6.45, 7) is 5.99. The molecular formula is C26H30Br2N4O3. The van der Waals surface area contributed by atoms with Gasteiger partial charge in [0, 0.05) is 21.6 Å². The normalized spacial score (nSPS) is 11.3. The van der Waals surface area contributed by atoms with Crippen LogP contribution < -0.4 is 10.1 Å². The van der Waals surface area contributed by atoms with Crippen LogP contribution in [0.2, 0.25) is 0 Å². The Balaban J connectivity index is 1.90. The van der Waals surface area contributed by atoms with Crippen molar-refractivity contribution in [3.05, 3.63) is 46.7 Å². The van der Waals surface area contributed by atoms with E-state index in [0.29, 0.717) is 29.1 Å². The molecule has 0 saturated carbocycles. The highest BCUT2D eigenvalue weighted by Crippen LogP contribution is 2.35. The molecule has 186 valence electrons. The number of aromatic nitrogens is 2. The zero-order valence-electron chi connectivity index (χ0n) is 20.2. The van der Waals surface area contributed by atoms with E-state index in [0.717, 1.165) is 40.2 Å². The molecule has 0 saturated heterocycles. The zero-order chi connectivity index (χ0) is 25.4. The number of unbranched alkanes of at least 4 members (excludes halogenated alkanes) is 4. The molecule has 0 aliphatic heterocycles. The molecule has 0 aliphatic carbocycles. The number of anilines is 1. The Hall–Kier alpha value is -2.57. The van der Waals surface area contributed by atoms with Crippen LogP contribution in [0.5, 0.6) is 5.75 Å². The van der Waals surface area contributed by atoms with Crippen LogP contribution in [-0.2, 0) is 4.74 Å². The van der Waals surface area contributed by atoms with Crippen LogP contribution in [-0.4, -0.2) is 33.2 Å². The van der Waals surface area contributed by atoms with E-state index in [9.17, 15) is 10.1 Å². The Morgan fingerprint density at radius 3 is 2.63 bits per heavy atom. The number of hydrogen-bond donors (Lipinski definition) is 1. The molecule has 1 aromatic carbocycles. The maximum Gasteiger partial charge on any atom is 0.412 e. The van der Waals surface area contributed by atoms with Crippen LogP contribution in [0.3, 0.4) is 0 Å². The number of fused-ring (bicyclic) bond motifs is 1. The molecule has 1 N–H and O–H groups in total. The van der Waals surface area contributed by atoms with Gasteiger partial charge in [-0.05, 0) is 73.3 Å². The smallest absolute Gasteiger partial charge is 0.412 e. The summed E-state index contributed by atoms with van der Waals surface area (Å²) in [6, 6.07) is 9.72. The molecule has 3 rings (SSSR count). The molecule has 0 aliphatic rings. The number of ether oxygens (including phenoxy) is 2. The summed E-state index contributed by atoms with van der Waals surface area (Å²) >= 11 is 7.00. The maximum atomic E-state index is 12.4. The van der Waals surface area contributed by atoms with E-state index in [1.165, 1.54) is 12.8 Å². The number of halogens is 2. The fourth-order valence-corrected chi connectivity index (χ4v) is 4.45. The quantitative estimate of drug-likeness (QED) is 0.189. The summed E-state index contributed by atoms with van der Waals surface area (Å²) in [4.78, 5) is 12.4. The van der Waals surface area contributed by atoms with Gasteiger partial charge in [-0.2, -0.15) is 10.4 Å². The van der Waals surface area contributed by atoms with Gasteiger partial charge in [0.05, 0.1) is 29.6 Å². The Kier molecular flexibility index (Phi) is 9.58. The van der Waals surface area contributed by atoms with Gasteiger partial charge < -0.3 is 9.47 Å². The van der Waals surface area contributed by atoms with Crippen LogP contribution in [0.1, 0.15) is 58.4 Å². The highest BCUT2D eigenvalue weighted by molar-refractivity contribution is 9.10. The van der Waals surface area contributed by atoms with Gasteiger partial charge in [0.25, 0.3) is 0 Å². The molecule has 0 atom stereocenters. The predicted octanol–water partition coefficient (Wildman–Crippen LogP) is 7.71. The molecule has 0 bridgehead atoms. The Bertz CT molecular complexity index is 1210. The minimum atomic E-state index is -0.613. The van der Waals surface area contributed by atoms with E-state index in [4.69, 9.17) is 9.47 Å². The SMILES string of the molecule is CC(C)(C)OC(=O)Nc1ccc(-c2cc(Br)cn3ncc(C#N)c23)cc1OCCCCCCCBr. The third-order valence-corrected chi connectivity index (χ3v) is 6.16. The number of nitrogens with one attached hydrogen (secondary N) is 1. The topological polar surface area (TPSA) is 88.6 Å². The van der Waals surface area contributed by atoms with Crippen molar-refractivity contribution >= 4 is 49.2 Å². The zero-order valence-corrected chi connectivity index (χ0v) is 23.4. The van der Waals surface area contributed by atoms with Crippen molar-refractivity contribution < 1.29 is 14.3 Å². The van der Waals surface area contributed by atoms with Gasteiger partial charge >= 0.3 is 6.09 Å². The van der Waals surface area contributed by atoms with Gasteiger partial charge in [0.2, 0.25) is 0 Å². The molecule has 9 heteroatoms. The first-order valence-corrected chi connectivity index (χ1v) is 13.5. The van der Waals surface area contributed by atoms with Crippen molar-refractivity contribution in [3.63, 3.8) is 0 Å². The fourth-order valence-electron chi connectivity index (χ4n) is 3.63.